The van der Waals surface area contributed by atoms with Gasteiger partial charge in [-0.25, -0.2) is 9.50 Å². The Kier molecular flexibility index (Phi) is 4.01. The monoisotopic (exact) mass is 439 g/mol. The van der Waals surface area contributed by atoms with Crippen LogP contribution in [0.4, 0.5) is 5.13 Å². The normalized spacial score (nSPS) is 26.9. The number of fused-ring (bicyclic) bond motifs is 6. The molecule has 2 fully saturated rings. The first-order valence-electron chi connectivity index (χ1n) is 9.98. The predicted molar refractivity (Wildman–Crippen MR) is 114 cm³/mol. The highest BCUT2D eigenvalue weighted by Crippen LogP contribution is 2.52. The number of rotatable bonds is 5. The molecule has 4 atom stereocenters. The average molecular weight is 440 g/mol. The maximum Gasteiger partial charge on any atom is 0.233 e. The maximum atomic E-state index is 12.7. The highest BCUT2D eigenvalue weighted by molar-refractivity contribution is 7.20. The van der Waals surface area contributed by atoms with Crippen molar-refractivity contribution in [2.45, 2.75) is 6.42 Å². The molecule has 4 unspecified atom stereocenters. The number of allylic oxidation sites excluding steroid dienone is 2. The summed E-state index contributed by atoms with van der Waals surface area (Å²) in [4.78, 5) is 32.3. The first kappa shape index (κ1) is 18.1. The lowest BCUT2D eigenvalue weighted by atomic mass is 9.85. The van der Waals surface area contributed by atoms with Gasteiger partial charge in [0, 0.05) is 23.7 Å². The molecule has 3 aromatic rings. The molecule has 1 saturated carbocycles. The summed E-state index contributed by atoms with van der Waals surface area (Å²) in [5.74, 6) is 0.200. The molecule has 1 aromatic carbocycles. The van der Waals surface area contributed by atoms with E-state index >= 15 is 0 Å². The zero-order valence-corrected chi connectivity index (χ0v) is 17.4. The number of nitrogens with one attached hydrogen (secondary N) is 1. The Bertz CT molecular complexity index is 1140. The predicted octanol–water partition coefficient (Wildman–Crippen LogP) is 3.33. The van der Waals surface area contributed by atoms with Crippen molar-refractivity contribution in [1.29, 1.82) is 0 Å². The highest BCUT2D eigenvalue weighted by Gasteiger charge is 2.58. The second-order valence-corrected chi connectivity index (χ2v) is 9.41. The lowest BCUT2D eigenvalue weighted by molar-refractivity contribution is -0.140. The third-order valence-electron chi connectivity index (χ3n) is 6.36. The largest absolute Gasteiger partial charge is 0.358 e. The van der Waals surface area contributed by atoms with E-state index < -0.39 is 0 Å². The lowest BCUT2D eigenvalue weighted by Gasteiger charge is -2.17. The molecule has 3 heterocycles. The number of imidazole rings is 1. The number of anilines is 1. The first-order chi connectivity index (χ1) is 14.6. The van der Waals surface area contributed by atoms with E-state index in [9.17, 15) is 9.59 Å². The van der Waals surface area contributed by atoms with Gasteiger partial charge >= 0.3 is 0 Å². The number of aromatic nitrogens is 3. The smallest absolute Gasteiger partial charge is 0.233 e. The molecule has 30 heavy (non-hydrogen) atoms. The number of amides is 2. The van der Waals surface area contributed by atoms with Gasteiger partial charge in [0.25, 0.3) is 0 Å². The molecule has 2 aliphatic carbocycles. The van der Waals surface area contributed by atoms with Gasteiger partial charge in [-0.15, -0.1) is 5.10 Å². The molecule has 1 aliphatic heterocycles. The summed E-state index contributed by atoms with van der Waals surface area (Å²) in [5, 5.41) is 9.13. The topological polar surface area (TPSA) is 79.6 Å². The second-order valence-electron chi connectivity index (χ2n) is 8.02. The lowest BCUT2D eigenvalue weighted by Crippen LogP contribution is -2.36. The van der Waals surface area contributed by atoms with E-state index in [0.29, 0.717) is 23.2 Å². The highest BCUT2D eigenvalue weighted by atomic mass is 35.5. The van der Waals surface area contributed by atoms with Crippen molar-refractivity contribution in [3.05, 3.63) is 47.6 Å². The minimum absolute atomic E-state index is 0.00908. The van der Waals surface area contributed by atoms with E-state index in [4.69, 9.17) is 11.6 Å². The molecule has 2 aromatic heterocycles. The molecular formula is C21H18ClN5O2S. The van der Waals surface area contributed by atoms with Crippen LogP contribution in [0.2, 0.25) is 5.02 Å². The number of carbonyl (C=O) groups is 2. The molecule has 7 nitrogen and oxygen atoms in total. The molecule has 0 radical (unpaired) electrons. The number of carbonyl (C=O) groups excluding carboxylic acids is 2. The summed E-state index contributed by atoms with van der Waals surface area (Å²) in [6.07, 6.45) is 7.05. The van der Waals surface area contributed by atoms with Gasteiger partial charge in [-0.1, -0.05) is 47.2 Å². The number of nitrogens with zero attached hydrogens (tertiary/aromatic N) is 4. The fourth-order valence-electron chi connectivity index (χ4n) is 4.99. The van der Waals surface area contributed by atoms with E-state index in [-0.39, 0.29) is 35.5 Å². The Labute approximate surface area is 181 Å². The van der Waals surface area contributed by atoms with E-state index in [2.05, 4.69) is 27.6 Å². The van der Waals surface area contributed by atoms with Crippen molar-refractivity contribution in [2.24, 2.45) is 23.7 Å². The molecule has 3 aliphatic rings. The standard InChI is InChI=1S/C21H18ClN5O2S/c22-14-5-3-11(4-6-14)15-10-27-21(24-15)30-20(25-27)23-7-8-26-18(28)16-12-1-2-13(9-12)17(16)19(26)29/h1-6,10,12-13,16-17H,7-9H2,(H,23,25). The van der Waals surface area contributed by atoms with Crippen molar-refractivity contribution < 1.29 is 9.59 Å². The minimum Gasteiger partial charge on any atom is -0.358 e. The summed E-state index contributed by atoms with van der Waals surface area (Å²) < 4.78 is 1.73. The van der Waals surface area contributed by atoms with Crippen LogP contribution in [-0.4, -0.2) is 44.4 Å². The molecule has 1 saturated heterocycles. The molecule has 0 spiro atoms. The van der Waals surface area contributed by atoms with Crippen LogP contribution in [0.5, 0.6) is 0 Å². The van der Waals surface area contributed by atoms with E-state index in [1.165, 1.54) is 16.2 Å². The number of likely N-dealkylation sites (tertiary alicyclic amines) is 1. The molecule has 2 amide bonds. The van der Waals surface area contributed by atoms with Crippen LogP contribution in [0.25, 0.3) is 16.2 Å². The van der Waals surface area contributed by atoms with Crippen LogP contribution in [0.3, 0.4) is 0 Å². The Morgan fingerprint density at radius 3 is 2.47 bits per heavy atom. The van der Waals surface area contributed by atoms with Crippen molar-refractivity contribution >= 4 is 44.8 Å². The maximum absolute atomic E-state index is 12.7. The Hall–Kier alpha value is -2.71. The Morgan fingerprint density at radius 1 is 1.10 bits per heavy atom. The number of hydrogen-bond donors (Lipinski definition) is 1. The number of halogens is 1. The average Bonchev–Trinajstić information content (AvgIpc) is 3.52. The zero-order valence-electron chi connectivity index (χ0n) is 15.9. The molecule has 6 rings (SSSR count). The number of benzene rings is 1. The molecule has 1 N–H and O–H groups in total. The van der Waals surface area contributed by atoms with E-state index in [1.807, 2.05) is 30.5 Å². The minimum atomic E-state index is -0.137. The van der Waals surface area contributed by atoms with Crippen LogP contribution in [0.15, 0.2) is 42.6 Å². The van der Waals surface area contributed by atoms with Crippen LogP contribution >= 0.6 is 22.9 Å². The van der Waals surface area contributed by atoms with Crippen molar-refractivity contribution in [3.8, 4) is 11.3 Å². The van der Waals surface area contributed by atoms with Crippen LogP contribution < -0.4 is 5.32 Å². The molecule has 9 heteroatoms. The van der Waals surface area contributed by atoms with Crippen LogP contribution in [-0.2, 0) is 9.59 Å². The van der Waals surface area contributed by atoms with Gasteiger partial charge in [-0.05, 0) is 30.4 Å². The Morgan fingerprint density at radius 2 is 1.80 bits per heavy atom. The summed E-state index contributed by atoms with van der Waals surface area (Å²) in [5.41, 5.74) is 1.81. The second kappa shape index (κ2) is 6.65. The van der Waals surface area contributed by atoms with Gasteiger partial charge in [-0.3, -0.25) is 14.5 Å². The summed E-state index contributed by atoms with van der Waals surface area (Å²) in [7, 11) is 0. The van der Waals surface area contributed by atoms with Gasteiger partial charge < -0.3 is 5.32 Å². The van der Waals surface area contributed by atoms with Crippen molar-refractivity contribution in [3.63, 3.8) is 0 Å². The van der Waals surface area contributed by atoms with E-state index in [0.717, 1.165) is 22.6 Å². The zero-order chi connectivity index (χ0) is 20.4. The SMILES string of the molecule is O=C1C2C3C=CC(C3)C2C(=O)N1CCNc1nn2cc(-c3ccc(Cl)cc3)nc2s1. The summed E-state index contributed by atoms with van der Waals surface area (Å²) in [6.45, 7) is 0.836. The van der Waals surface area contributed by atoms with Gasteiger partial charge in [0.15, 0.2) is 0 Å². The third-order valence-corrected chi connectivity index (χ3v) is 7.49. The van der Waals surface area contributed by atoms with Gasteiger partial charge in [0.05, 0.1) is 23.7 Å². The van der Waals surface area contributed by atoms with Crippen molar-refractivity contribution in [1.82, 2.24) is 19.5 Å². The fraction of sp³-hybridized carbons (Fsp3) is 0.333. The van der Waals surface area contributed by atoms with Gasteiger partial charge in [0.2, 0.25) is 21.9 Å². The van der Waals surface area contributed by atoms with Crippen molar-refractivity contribution in [2.75, 3.05) is 18.4 Å². The third kappa shape index (κ3) is 2.70. The molecule has 152 valence electrons. The summed E-state index contributed by atoms with van der Waals surface area (Å²) >= 11 is 7.38. The Balaban J connectivity index is 1.11. The van der Waals surface area contributed by atoms with Gasteiger partial charge in [-0.2, -0.15) is 0 Å². The first-order valence-corrected chi connectivity index (χ1v) is 11.2. The molecule has 2 bridgehead atoms. The quantitative estimate of drug-likeness (QED) is 0.487. The fourth-order valence-corrected chi connectivity index (χ4v) is 5.92. The van der Waals surface area contributed by atoms with Gasteiger partial charge in [0.1, 0.15) is 0 Å². The van der Waals surface area contributed by atoms with E-state index in [1.54, 1.807) is 4.52 Å². The summed E-state index contributed by atoms with van der Waals surface area (Å²) in [6, 6.07) is 7.52. The number of hydrogen-bond acceptors (Lipinski definition) is 6. The van der Waals surface area contributed by atoms with Crippen LogP contribution in [0.1, 0.15) is 6.42 Å². The molecular weight excluding hydrogens is 422 g/mol. The van der Waals surface area contributed by atoms with Crippen LogP contribution in [0, 0.1) is 23.7 Å². The number of imide groups is 1.